The molecule has 1 aliphatic rings. The Hall–Kier alpha value is -2.18. The maximum Gasteiger partial charge on any atom is 0.211 e. The first-order valence-electron chi connectivity index (χ1n) is 8.51. The normalized spacial score (nSPS) is 17.9. The summed E-state index contributed by atoms with van der Waals surface area (Å²) in [6.07, 6.45) is 6.84. The summed E-state index contributed by atoms with van der Waals surface area (Å²) in [5, 5.41) is 0. The van der Waals surface area contributed by atoms with Crippen LogP contribution in [0.4, 0.5) is 0 Å². The number of aromatic nitrogens is 2. The second-order valence-corrected chi connectivity index (χ2v) is 7.26. The van der Waals surface area contributed by atoms with E-state index in [0.717, 1.165) is 43.3 Å². The van der Waals surface area contributed by atoms with Crippen LogP contribution in [0, 0.1) is 0 Å². The van der Waals surface area contributed by atoms with Crippen LogP contribution in [-0.2, 0) is 13.0 Å². The number of rotatable bonds is 6. The smallest absolute Gasteiger partial charge is 0.211 e. The Morgan fingerprint density at radius 1 is 1.28 bits per heavy atom. The van der Waals surface area contributed by atoms with Crippen molar-refractivity contribution >= 4 is 11.3 Å². The average molecular weight is 355 g/mol. The van der Waals surface area contributed by atoms with Crippen molar-refractivity contribution in [1.29, 1.82) is 0 Å². The van der Waals surface area contributed by atoms with Crippen LogP contribution in [0.5, 0.6) is 5.75 Å². The lowest BCUT2D eigenvalue weighted by atomic mass is 10.1. The van der Waals surface area contributed by atoms with Gasteiger partial charge in [0.1, 0.15) is 11.5 Å². The molecule has 2 aromatic heterocycles. The van der Waals surface area contributed by atoms with Crippen LogP contribution in [0.1, 0.15) is 41.0 Å². The molecule has 1 unspecified atom stereocenters. The molecule has 0 amide bonds. The molecule has 6 heteroatoms. The van der Waals surface area contributed by atoms with Crippen molar-refractivity contribution in [2.75, 3.05) is 13.7 Å². The lowest BCUT2D eigenvalue weighted by molar-refractivity contribution is 0.214. The van der Waals surface area contributed by atoms with E-state index < -0.39 is 0 Å². The van der Waals surface area contributed by atoms with Gasteiger partial charge in [-0.1, -0.05) is 12.1 Å². The number of thiazole rings is 1. The van der Waals surface area contributed by atoms with Gasteiger partial charge in [0.25, 0.3) is 0 Å². The number of ether oxygens (including phenoxy) is 1. The highest BCUT2D eigenvalue weighted by Crippen LogP contribution is 2.33. The third kappa shape index (κ3) is 3.75. The van der Waals surface area contributed by atoms with Crippen LogP contribution in [-0.4, -0.2) is 28.5 Å². The largest absolute Gasteiger partial charge is 0.497 e. The Bertz CT molecular complexity index is 798. The molecule has 0 N–H and O–H groups in total. The second-order valence-electron chi connectivity index (χ2n) is 6.29. The predicted octanol–water partition coefficient (Wildman–Crippen LogP) is 4.07. The third-order valence-electron chi connectivity index (χ3n) is 4.60. The van der Waals surface area contributed by atoms with Crippen molar-refractivity contribution < 1.29 is 9.15 Å². The van der Waals surface area contributed by atoms with Crippen LogP contribution < -0.4 is 4.74 Å². The summed E-state index contributed by atoms with van der Waals surface area (Å²) in [6.45, 7) is 2.00. The lowest BCUT2D eigenvalue weighted by Crippen LogP contribution is -2.22. The van der Waals surface area contributed by atoms with Gasteiger partial charge >= 0.3 is 0 Å². The monoisotopic (exact) mass is 355 g/mol. The van der Waals surface area contributed by atoms with Crippen LogP contribution in [0.3, 0.4) is 0 Å². The van der Waals surface area contributed by atoms with E-state index in [4.69, 9.17) is 9.15 Å². The van der Waals surface area contributed by atoms with E-state index in [1.54, 1.807) is 18.4 Å². The molecule has 3 aromatic rings. The molecule has 0 aliphatic carbocycles. The highest BCUT2D eigenvalue weighted by atomic mass is 32.1. The minimum Gasteiger partial charge on any atom is -0.497 e. The van der Waals surface area contributed by atoms with E-state index in [1.807, 2.05) is 30.0 Å². The summed E-state index contributed by atoms with van der Waals surface area (Å²) < 4.78 is 11.3. The molecule has 25 heavy (non-hydrogen) atoms. The number of nitrogens with zero attached hydrogens (tertiary/aromatic N) is 3. The van der Waals surface area contributed by atoms with Gasteiger partial charge in [-0.3, -0.25) is 9.88 Å². The summed E-state index contributed by atoms with van der Waals surface area (Å²) in [4.78, 5) is 12.5. The molecule has 1 aromatic carbocycles. The molecule has 1 atom stereocenters. The molecule has 5 nitrogen and oxygen atoms in total. The summed E-state index contributed by atoms with van der Waals surface area (Å²) in [5.41, 5.74) is 3.08. The van der Waals surface area contributed by atoms with E-state index in [1.165, 1.54) is 16.9 Å². The van der Waals surface area contributed by atoms with Crippen molar-refractivity contribution in [1.82, 2.24) is 14.9 Å². The first kappa shape index (κ1) is 16.3. The zero-order valence-electron chi connectivity index (χ0n) is 14.2. The predicted molar refractivity (Wildman–Crippen MR) is 96.8 cm³/mol. The van der Waals surface area contributed by atoms with Gasteiger partial charge in [0.2, 0.25) is 5.89 Å². The fraction of sp³-hybridized carbons (Fsp3) is 0.368. The van der Waals surface area contributed by atoms with Crippen LogP contribution in [0.15, 0.2) is 46.6 Å². The number of oxazole rings is 1. The molecule has 0 spiro atoms. The maximum atomic E-state index is 6.08. The van der Waals surface area contributed by atoms with Gasteiger partial charge in [-0.2, -0.15) is 0 Å². The number of methoxy groups -OCH3 is 1. The molecular weight excluding hydrogens is 334 g/mol. The van der Waals surface area contributed by atoms with E-state index in [0.29, 0.717) is 0 Å². The van der Waals surface area contributed by atoms with Gasteiger partial charge in [0.05, 0.1) is 24.9 Å². The van der Waals surface area contributed by atoms with Gasteiger partial charge < -0.3 is 9.15 Å². The number of likely N-dealkylation sites (tertiary alicyclic amines) is 1. The lowest BCUT2D eigenvalue weighted by Gasteiger charge is -2.20. The van der Waals surface area contributed by atoms with Crippen molar-refractivity contribution in [3.8, 4) is 5.75 Å². The summed E-state index contributed by atoms with van der Waals surface area (Å²) in [7, 11) is 1.68. The van der Waals surface area contributed by atoms with E-state index in [2.05, 4.69) is 27.0 Å². The molecular formula is C19H21N3O2S. The summed E-state index contributed by atoms with van der Waals surface area (Å²) in [6, 6.07) is 8.34. The number of hydrogen-bond donors (Lipinski definition) is 0. The standard InChI is InChI=1S/C19H21N3O2S/c1-23-15-6-4-14(5-7-15)9-16-10-21-19(24-16)18-3-2-8-22(18)12-17-11-20-13-25-17/h4-7,10-11,13,18H,2-3,8-9,12H2,1H3. The summed E-state index contributed by atoms with van der Waals surface area (Å²) >= 11 is 1.70. The van der Waals surface area contributed by atoms with Crippen molar-refractivity contribution in [2.24, 2.45) is 0 Å². The maximum absolute atomic E-state index is 6.08. The zero-order valence-corrected chi connectivity index (χ0v) is 15.0. The van der Waals surface area contributed by atoms with Gasteiger partial charge in [0.15, 0.2) is 0 Å². The molecule has 3 heterocycles. The molecule has 0 bridgehead atoms. The molecule has 0 radical (unpaired) electrons. The average Bonchev–Trinajstić information content (AvgIpc) is 3.38. The molecule has 4 rings (SSSR count). The van der Waals surface area contributed by atoms with Crippen LogP contribution >= 0.6 is 11.3 Å². The second kappa shape index (κ2) is 7.37. The number of benzene rings is 1. The first-order chi connectivity index (χ1) is 12.3. The Morgan fingerprint density at radius 3 is 2.92 bits per heavy atom. The van der Waals surface area contributed by atoms with Crippen molar-refractivity contribution in [3.05, 3.63) is 64.3 Å². The van der Waals surface area contributed by atoms with Gasteiger partial charge in [-0.25, -0.2) is 4.98 Å². The van der Waals surface area contributed by atoms with Crippen molar-refractivity contribution in [3.63, 3.8) is 0 Å². The molecule has 1 aliphatic heterocycles. The highest BCUT2D eigenvalue weighted by molar-refractivity contribution is 7.09. The van der Waals surface area contributed by atoms with E-state index >= 15 is 0 Å². The van der Waals surface area contributed by atoms with Crippen molar-refractivity contribution in [2.45, 2.75) is 31.8 Å². The fourth-order valence-corrected chi connectivity index (χ4v) is 3.94. The Morgan fingerprint density at radius 2 is 2.16 bits per heavy atom. The van der Waals surface area contributed by atoms with Crippen LogP contribution in [0.25, 0.3) is 0 Å². The quantitative estimate of drug-likeness (QED) is 0.667. The third-order valence-corrected chi connectivity index (χ3v) is 5.36. The van der Waals surface area contributed by atoms with E-state index in [9.17, 15) is 0 Å². The highest BCUT2D eigenvalue weighted by Gasteiger charge is 2.30. The molecule has 1 saturated heterocycles. The zero-order chi connectivity index (χ0) is 17.1. The minimum absolute atomic E-state index is 0.270. The minimum atomic E-state index is 0.270. The Kier molecular flexibility index (Phi) is 4.81. The van der Waals surface area contributed by atoms with Gasteiger partial charge in [0, 0.05) is 24.0 Å². The Balaban J connectivity index is 1.44. The topological polar surface area (TPSA) is 51.4 Å². The fourth-order valence-electron chi connectivity index (χ4n) is 3.32. The molecule has 1 fully saturated rings. The SMILES string of the molecule is COc1ccc(Cc2cnc(C3CCCN3Cc3cncs3)o2)cc1. The number of hydrogen-bond acceptors (Lipinski definition) is 6. The van der Waals surface area contributed by atoms with E-state index in [-0.39, 0.29) is 6.04 Å². The Labute approximate surface area is 151 Å². The van der Waals surface area contributed by atoms with Crippen LogP contribution in [0.2, 0.25) is 0 Å². The summed E-state index contributed by atoms with van der Waals surface area (Å²) in [5.74, 6) is 2.61. The van der Waals surface area contributed by atoms with Gasteiger partial charge in [-0.05, 0) is 37.1 Å². The first-order valence-corrected chi connectivity index (χ1v) is 9.39. The molecule has 130 valence electrons. The molecule has 0 saturated carbocycles. The van der Waals surface area contributed by atoms with Gasteiger partial charge in [-0.15, -0.1) is 11.3 Å².